The van der Waals surface area contributed by atoms with Crippen molar-refractivity contribution in [3.8, 4) is 11.3 Å². The molecule has 1 amide bonds. The minimum Gasteiger partial charge on any atom is -0.351 e. The highest BCUT2D eigenvalue weighted by Crippen LogP contribution is 2.19. The van der Waals surface area contributed by atoms with Crippen LogP contribution in [0.2, 0.25) is 0 Å². The number of fused-ring (bicyclic) bond motifs is 1. The molecule has 3 rings (SSSR count). The number of aryl methyl sites for hydroxylation is 1. The van der Waals surface area contributed by atoms with Crippen molar-refractivity contribution in [3.63, 3.8) is 0 Å². The van der Waals surface area contributed by atoms with Gasteiger partial charge in [-0.15, -0.1) is 0 Å². The lowest BCUT2D eigenvalue weighted by atomic mass is 10.2. The topological polar surface area (TPSA) is 59.3 Å². The molecule has 0 fully saturated rings. The quantitative estimate of drug-likeness (QED) is 0.736. The Labute approximate surface area is 135 Å². The molecule has 5 heteroatoms. The molecule has 3 aromatic rings. The van der Waals surface area contributed by atoms with Gasteiger partial charge in [-0.25, -0.2) is 9.50 Å². The number of hydrogen-bond acceptors (Lipinski definition) is 3. The number of benzene rings is 1. The normalized spacial score (nSPS) is 10.9. The van der Waals surface area contributed by atoms with Gasteiger partial charge in [-0.05, 0) is 19.4 Å². The number of aromatic nitrogens is 3. The maximum Gasteiger partial charge on any atom is 0.270 e. The van der Waals surface area contributed by atoms with Gasteiger partial charge in [0, 0.05) is 23.9 Å². The van der Waals surface area contributed by atoms with Crippen LogP contribution in [0.5, 0.6) is 0 Å². The van der Waals surface area contributed by atoms with Gasteiger partial charge in [0.1, 0.15) is 5.69 Å². The highest BCUT2D eigenvalue weighted by Gasteiger charge is 2.12. The molecule has 0 spiro atoms. The molecule has 5 nitrogen and oxygen atoms in total. The molecule has 2 heterocycles. The predicted octanol–water partition coefficient (Wildman–Crippen LogP) is 3.23. The molecule has 0 saturated heterocycles. The molecule has 0 unspecified atom stereocenters. The van der Waals surface area contributed by atoms with Crippen LogP contribution in [0, 0.1) is 6.92 Å². The third-order valence-electron chi connectivity index (χ3n) is 3.72. The molecule has 0 radical (unpaired) electrons. The van der Waals surface area contributed by atoms with Crippen LogP contribution in [0.3, 0.4) is 0 Å². The maximum atomic E-state index is 12.2. The van der Waals surface area contributed by atoms with Gasteiger partial charge in [0.05, 0.1) is 5.69 Å². The molecule has 0 aliphatic heterocycles. The number of carbonyl (C=O) groups excluding carboxylic acids is 1. The zero-order chi connectivity index (χ0) is 16.2. The second-order valence-electron chi connectivity index (χ2n) is 5.56. The van der Waals surface area contributed by atoms with Crippen LogP contribution in [-0.4, -0.2) is 27.0 Å². The number of amides is 1. The predicted molar refractivity (Wildman–Crippen MR) is 90.4 cm³/mol. The van der Waals surface area contributed by atoms with Crippen LogP contribution < -0.4 is 5.32 Å². The molecule has 23 heavy (non-hydrogen) atoms. The van der Waals surface area contributed by atoms with Gasteiger partial charge in [-0.1, -0.05) is 43.7 Å². The molecule has 0 atom stereocenters. The lowest BCUT2D eigenvalue weighted by Gasteiger charge is -2.05. The monoisotopic (exact) mass is 308 g/mol. The Hall–Kier alpha value is -2.69. The minimum absolute atomic E-state index is 0.133. The summed E-state index contributed by atoms with van der Waals surface area (Å²) in [6, 6.07) is 13.6. The zero-order valence-electron chi connectivity index (χ0n) is 13.4. The van der Waals surface area contributed by atoms with Crippen molar-refractivity contribution in [2.24, 2.45) is 0 Å². The summed E-state index contributed by atoms with van der Waals surface area (Å²) >= 11 is 0. The van der Waals surface area contributed by atoms with Crippen molar-refractivity contribution < 1.29 is 4.79 Å². The molecule has 1 aromatic carbocycles. The number of rotatable bonds is 5. The van der Waals surface area contributed by atoms with Crippen LogP contribution in [-0.2, 0) is 0 Å². The van der Waals surface area contributed by atoms with E-state index in [2.05, 4.69) is 22.3 Å². The average molecular weight is 308 g/mol. The first kappa shape index (κ1) is 15.2. The van der Waals surface area contributed by atoms with Gasteiger partial charge in [-0.2, -0.15) is 5.10 Å². The lowest BCUT2D eigenvalue weighted by molar-refractivity contribution is 0.0948. The molecule has 0 bridgehead atoms. The Bertz CT molecular complexity index is 824. The number of hydrogen-bond donors (Lipinski definition) is 1. The fourth-order valence-electron chi connectivity index (χ4n) is 2.46. The fourth-order valence-corrected chi connectivity index (χ4v) is 2.46. The molecular formula is C18H20N4O. The summed E-state index contributed by atoms with van der Waals surface area (Å²) in [6.07, 6.45) is 2.02. The first-order chi connectivity index (χ1) is 11.2. The van der Waals surface area contributed by atoms with Crippen molar-refractivity contribution in [1.29, 1.82) is 0 Å². The van der Waals surface area contributed by atoms with E-state index in [1.165, 1.54) is 0 Å². The lowest BCUT2D eigenvalue weighted by Crippen LogP contribution is -2.25. The molecule has 2 aromatic heterocycles. The van der Waals surface area contributed by atoms with E-state index in [4.69, 9.17) is 0 Å². The van der Waals surface area contributed by atoms with Crippen LogP contribution in [0.15, 0.2) is 42.5 Å². The molecule has 0 aliphatic rings. The van der Waals surface area contributed by atoms with E-state index in [0.717, 1.165) is 29.8 Å². The zero-order valence-corrected chi connectivity index (χ0v) is 13.4. The van der Waals surface area contributed by atoms with Crippen LogP contribution in [0.25, 0.3) is 16.9 Å². The van der Waals surface area contributed by atoms with Gasteiger partial charge >= 0.3 is 0 Å². The smallest absolute Gasteiger partial charge is 0.270 e. The SMILES string of the molecule is CCCCNC(=O)c1cc(C)n2nc(-c3ccccc3)cc2n1. The van der Waals surface area contributed by atoms with Gasteiger partial charge in [0.15, 0.2) is 5.65 Å². The maximum absolute atomic E-state index is 12.2. The number of nitrogens with one attached hydrogen (secondary N) is 1. The van der Waals surface area contributed by atoms with E-state index in [9.17, 15) is 4.79 Å². The summed E-state index contributed by atoms with van der Waals surface area (Å²) in [4.78, 5) is 16.6. The fraction of sp³-hybridized carbons (Fsp3) is 0.278. The summed E-state index contributed by atoms with van der Waals surface area (Å²) in [7, 11) is 0. The molecule has 118 valence electrons. The van der Waals surface area contributed by atoms with Crippen molar-refractivity contribution in [3.05, 3.63) is 53.9 Å². The third kappa shape index (κ3) is 3.23. The first-order valence-corrected chi connectivity index (χ1v) is 7.90. The van der Waals surface area contributed by atoms with Crippen LogP contribution in [0.1, 0.15) is 35.9 Å². The standard InChI is InChI=1S/C18H20N4O/c1-3-4-10-19-18(23)16-11-13(2)22-17(20-16)12-15(21-22)14-8-6-5-7-9-14/h5-9,11-12H,3-4,10H2,1-2H3,(H,19,23). The van der Waals surface area contributed by atoms with Gasteiger partial charge in [0.2, 0.25) is 0 Å². The Morgan fingerprint density at radius 1 is 1.22 bits per heavy atom. The Kier molecular flexibility index (Phi) is 4.37. The van der Waals surface area contributed by atoms with Gasteiger partial charge < -0.3 is 5.32 Å². The van der Waals surface area contributed by atoms with E-state index < -0.39 is 0 Å². The van der Waals surface area contributed by atoms with Crippen LogP contribution >= 0.6 is 0 Å². The molecular weight excluding hydrogens is 288 g/mol. The van der Waals surface area contributed by atoms with Crippen molar-refractivity contribution in [2.45, 2.75) is 26.7 Å². The highest BCUT2D eigenvalue weighted by molar-refractivity contribution is 5.92. The Balaban J connectivity index is 1.93. The Morgan fingerprint density at radius 2 is 2.00 bits per heavy atom. The van der Waals surface area contributed by atoms with E-state index in [1.54, 1.807) is 10.6 Å². The Morgan fingerprint density at radius 3 is 2.74 bits per heavy atom. The van der Waals surface area contributed by atoms with E-state index in [-0.39, 0.29) is 5.91 Å². The average Bonchev–Trinajstić information content (AvgIpc) is 3.00. The summed E-state index contributed by atoms with van der Waals surface area (Å²) in [5.41, 5.74) is 3.89. The summed E-state index contributed by atoms with van der Waals surface area (Å²) < 4.78 is 1.77. The number of nitrogens with zero attached hydrogens (tertiary/aromatic N) is 3. The van der Waals surface area contributed by atoms with E-state index in [1.807, 2.05) is 43.3 Å². The summed E-state index contributed by atoms with van der Waals surface area (Å²) in [5.74, 6) is -0.133. The van der Waals surface area contributed by atoms with Gasteiger partial charge in [-0.3, -0.25) is 4.79 Å². The third-order valence-corrected chi connectivity index (χ3v) is 3.72. The molecule has 1 N–H and O–H groups in total. The van der Waals surface area contributed by atoms with E-state index in [0.29, 0.717) is 17.9 Å². The summed E-state index contributed by atoms with van der Waals surface area (Å²) in [6.45, 7) is 4.70. The van der Waals surface area contributed by atoms with Crippen LogP contribution in [0.4, 0.5) is 0 Å². The first-order valence-electron chi connectivity index (χ1n) is 7.90. The van der Waals surface area contributed by atoms with E-state index >= 15 is 0 Å². The number of unbranched alkanes of at least 4 members (excludes halogenated alkanes) is 1. The summed E-state index contributed by atoms with van der Waals surface area (Å²) in [5, 5.41) is 7.48. The van der Waals surface area contributed by atoms with Crippen molar-refractivity contribution in [2.75, 3.05) is 6.54 Å². The largest absolute Gasteiger partial charge is 0.351 e. The van der Waals surface area contributed by atoms with Crippen molar-refractivity contribution in [1.82, 2.24) is 19.9 Å². The second kappa shape index (κ2) is 6.60. The van der Waals surface area contributed by atoms with Gasteiger partial charge in [0.25, 0.3) is 5.91 Å². The van der Waals surface area contributed by atoms with Crippen molar-refractivity contribution >= 4 is 11.6 Å². The number of carbonyl (C=O) groups is 1. The minimum atomic E-state index is -0.133. The molecule has 0 saturated carbocycles. The highest BCUT2D eigenvalue weighted by atomic mass is 16.1. The second-order valence-corrected chi connectivity index (χ2v) is 5.56. The molecule has 0 aliphatic carbocycles.